The van der Waals surface area contributed by atoms with Gasteiger partial charge in [0.2, 0.25) is 5.89 Å². The van der Waals surface area contributed by atoms with Crippen molar-refractivity contribution in [3.05, 3.63) is 71.3 Å². The van der Waals surface area contributed by atoms with Gasteiger partial charge in [0.15, 0.2) is 17.1 Å². The number of phenols is 1. The Morgan fingerprint density at radius 1 is 1.10 bits per heavy atom. The van der Waals surface area contributed by atoms with Gasteiger partial charge in [0.05, 0.1) is 12.3 Å². The quantitative estimate of drug-likeness (QED) is 0.429. The number of aliphatic imine (C=N–C) groups is 1. The van der Waals surface area contributed by atoms with Crippen molar-refractivity contribution in [3.63, 3.8) is 0 Å². The summed E-state index contributed by atoms with van der Waals surface area (Å²) in [6.45, 7) is 6.44. The fraction of sp³-hybridized carbons (Fsp3) is 0.167. The Morgan fingerprint density at radius 2 is 1.90 bits per heavy atom. The van der Waals surface area contributed by atoms with E-state index in [0.717, 1.165) is 33.5 Å². The maximum atomic E-state index is 10.3. The molecule has 0 bridgehead atoms. The Bertz CT molecular complexity index is 1190. The van der Waals surface area contributed by atoms with Crippen LogP contribution in [0.2, 0.25) is 0 Å². The zero-order valence-corrected chi connectivity index (χ0v) is 16.6. The van der Waals surface area contributed by atoms with Crippen LogP contribution in [0.4, 0.5) is 5.69 Å². The summed E-state index contributed by atoms with van der Waals surface area (Å²) in [6, 6.07) is 17.1. The number of aromatic hydroxyl groups is 1. The molecule has 0 unspecified atom stereocenters. The zero-order valence-electron chi connectivity index (χ0n) is 16.6. The molecule has 4 aromatic rings. The summed E-state index contributed by atoms with van der Waals surface area (Å²) in [5.41, 5.74) is 6.17. The number of phenolic OH excluding ortho intramolecular Hbond substituents is 1. The number of aryl methyl sites for hydroxylation is 2. The predicted molar refractivity (Wildman–Crippen MR) is 115 cm³/mol. The molecule has 0 atom stereocenters. The molecule has 0 spiro atoms. The van der Waals surface area contributed by atoms with Crippen LogP contribution < -0.4 is 4.74 Å². The molecule has 5 heteroatoms. The van der Waals surface area contributed by atoms with E-state index in [0.29, 0.717) is 23.8 Å². The molecule has 0 aliphatic heterocycles. The van der Waals surface area contributed by atoms with Crippen LogP contribution in [0.5, 0.6) is 11.5 Å². The van der Waals surface area contributed by atoms with Crippen LogP contribution in [0.1, 0.15) is 23.6 Å². The van der Waals surface area contributed by atoms with Gasteiger partial charge in [0.1, 0.15) is 5.52 Å². The molecule has 0 saturated heterocycles. The highest BCUT2D eigenvalue weighted by Gasteiger charge is 2.11. The highest BCUT2D eigenvalue weighted by atomic mass is 16.5. The largest absolute Gasteiger partial charge is 0.504 e. The molecular formula is C24H22N2O3. The number of hydrogen-bond donors (Lipinski definition) is 1. The van der Waals surface area contributed by atoms with Gasteiger partial charge < -0.3 is 14.3 Å². The van der Waals surface area contributed by atoms with Gasteiger partial charge in [0.25, 0.3) is 0 Å². The topological polar surface area (TPSA) is 67.9 Å². The van der Waals surface area contributed by atoms with E-state index in [1.54, 1.807) is 18.3 Å². The van der Waals surface area contributed by atoms with E-state index in [1.165, 1.54) is 0 Å². The summed E-state index contributed by atoms with van der Waals surface area (Å²) in [5.74, 6) is 1.13. The molecule has 5 nitrogen and oxygen atoms in total. The van der Waals surface area contributed by atoms with E-state index in [4.69, 9.17) is 9.15 Å². The molecule has 0 amide bonds. The second-order valence-corrected chi connectivity index (χ2v) is 6.88. The second-order valence-electron chi connectivity index (χ2n) is 6.88. The molecular weight excluding hydrogens is 364 g/mol. The number of nitrogens with zero attached hydrogens (tertiary/aromatic N) is 2. The number of fused-ring (bicyclic) bond motifs is 1. The first-order valence-corrected chi connectivity index (χ1v) is 9.52. The summed E-state index contributed by atoms with van der Waals surface area (Å²) in [7, 11) is 0. The van der Waals surface area contributed by atoms with Crippen molar-refractivity contribution < 1.29 is 14.3 Å². The molecule has 0 aliphatic carbocycles. The first-order valence-electron chi connectivity index (χ1n) is 9.52. The summed E-state index contributed by atoms with van der Waals surface area (Å²) in [5, 5.41) is 10.3. The minimum absolute atomic E-state index is 0.0897. The van der Waals surface area contributed by atoms with Crippen molar-refractivity contribution in [2.75, 3.05) is 6.61 Å². The number of aromatic nitrogens is 1. The lowest BCUT2D eigenvalue weighted by molar-refractivity contribution is 0.318. The fourth-order valence-electron chi connectivity index (χ4n) is 3.25. The van der Waals surface area contributed by atoms with Crippen molar-refractivity contribution in [1.82, 2.24) is 4.98 Å². The summed E-state index contributed by atoms with van der Waals surface area (Å²) in [4.78, 5) is 9.06. The molecule has 0 radical (unpaired) electrons. The van der Waals surface area contributed by atoms with Gasteiger partial charge in [-0.15, -0.1) is 0 Å². The van der Waals surface area contributed by atoms with E-state index in [9.17, 15) is 5.11 Å². The molecule has 146 valence electrons. The average molecular weight is 386 g/mol. The third-order valence-electron chi connectivity index (χ3n) is 4.62. The molecule has 4 rings (SSSR count). The number of rotatable bonds is 5. The highest BCUT2D eigenvalue weighted by Crippen LogP contribution is 2.30. The summed E-state index contributed by atoms with van der Waals surface area (Å²) < 4.78 is 11.4. The van der Waals surface area contributed by atoms with E-state index >= 15 is 0 Å². The number of ether oxygens (including phenoxy) is 1. The lowest BCUT2D eigenvalue weighted by atomic mass is 10.1. The maximum absolute atomic E-state index is 10.3. The second kappa shape index (κ2) is 7.80. The van der Waals surface area contributed by atoms with E-state index in [-0.39, 0.29) is 5.75 Å². The zero-order chi connectivity index (χ0) is 20.4. The minimum Gasteiger partial charge on any atom is -0.504 e. The van der Waals surface area contributed by atoms with Crippen molar-refractivity contribution in [3.8, 4) is 23.0 Å². The monoisotopic (exact) mass is 386 g/mol. The third kappa shape index (κ3) is 3.85. The lowest BCUT2D eigenvalue weighted by Crippen LogP contribution is -1.93. The smallest absolute Gasteiger partial charge is 0.227 e. The Balaban J connectivity index is 1.58. The fourth-order valence-corrected chi connectivity index (χ4v) is 3.25. The van der Waals surface area contributed by atoms with E-state index < -0.39 is 0 Å². The van der Waals surface area contributed by atoms with Crippen LogP contribution >= 0.6 is 0 Å². The first kappa shape index (κ1) is 18.7. The maximum Gasteiger partial charge on any atom is 0.227 e. The molecule has 1 heterocycles. The van der Waals surface area contributed by atoms with Gasteiger partial charge in [-0.05, 0) is 74.4 Å². The first-order chi connectivity index (χ1) is 14.0. The van der Waals surface area contributed by atoms with Crippen molar-refractivity contribution in [1.29, 1.82) is 0 Å². The minimum atomic E-state index is 0.0897. The molecule has 3 aromatic carbocycles. The van der Waals surface area contributed by atoms with Crippen LogP contribution in [-0.2, 0) is 0 Å². The van der Waals surface area contributed by atoms with Crippen LogP contribution in [0.3, 0.4) is 0 Å². The number of benzene rings is 3. The molecule has 1 aromatic heterocycles. The Labute approximate surface area is 169 Å². The van der Waals surface area contributed by atoms with E-state index in [1.807, 2.05) is 50.2 Å². The van der Waals surface area contributed by atoms with Gasteiger partial charge >= 0.3 is 0 Å². The standard InChI is InChI=1S/C24H22N2O3/c1-4-28-21-7-5-6-18(22(21)27)14-25-19-10-8-17(9-11-19)24-26-20-13-15(2)12-16(3)23(20)29-24/h5-14,27H,4H2,1-3H3. The third-order valence-corrected chi connectivity index (χ3v) is 4.62. The number of para-hydroxylation sites is 1. The van der Waals surface area contributed by atoms with Crippen LogP contribution in [0.25, 0.3) is 22.6 Å². The predicted octanol–water partition coefficient (Wildman–Crippen LogP) is 5.97. The Morgan fingerprint density at radius 3 is 2.66 bits per heavy atom. The van der Waals surface area contributed by atoms with Gasteiger partial charge in [-0.2, -0.15) is 0 Å². The molecule has 1 N–H and O–H groups in total. The molecule has 0 aliphatic rings. The lowest BCUT2D eigenvalue weighted by Gasteiger charge is -2.07. The Kier molecular flexibility index (Phi) is 5.04. The van der Waals surface area contributed by atoms with E-state index in [2.05, 4.69) is 23.0 Å². The summed E-state index contributed by atoms with van der Waals surface area (Å²) >= 11 is 0. The van der Waals surface area contributed by atoms with Crippen LogP contribution in [-0.4, -0.2) is 22.9 Å². The normalized spacial score (nSPS) is 11.4. The van der Waals surface area contributed by atoms with Crippen molar-refractivity contribution in [2.24, 2.45) is 4.99 Å². The number of hydrogen-bond acceptors (Lipinski definition) is 5. The average Bonchev–Trinajstić information content (AvgIpc) is 3.14. The molecule has 0 fully saturated rings. The van der Waals surface area contributed by atoms with Crippen LogP contribution in [0, 0.1) is 13.8 Å². The summed E-state index contributed by atoms with van der Waals surface area (Å²) in [6.07, 6.45) is 1.62. The highest BCUT2D eigenvalue weighted by molar-refractivity contribution is 5.86. The molecule has 0 saturated carbocycles. The van der Waals surface area contributed by atoms with Gasteiger partial charge in [-0.3, -0.25) is 4.99 Å². The SMILES string of the molecule is CCOc1cccc(C=Nc2ccc(-c3nc4cc(C)cc(C)c4o3)cc2)c1O. The van der Waals surface area contributed by atoms with Gasteiger partial charge in [0, 0.05) is 17.3 Å². The van der Waals surface area contributed by atoms with Crippen LogP contribution in [0.15, 0.2) is 64.0 Å². The molecule has 29 heavy (non-hydrogen) atoms. The van der Waals surface area contributed by atoms with Crippen molar-refractivity contribution >= 4 is 23.0 Å². The number of oxazole rings is 1. The Hall–Kier alpha value is -3.60. The van der Waals surface area contributed by atoms with Crippen molar-refractivity contribution in [2.45, 2.75) is 20.8 Å². The van der Waals surface area contributed by atoms with Gasteiger partial charge in [-0.25, -0.2) is 4.98 Å². The van der Waals surface area contributed by atoms with Gasteiger partial charge in [-0.1, -0.05) is 12.1 Å².